The minimum Gasteiger partial charge on any atom is -0.480 e. The lowest BCUT2D eigenvalue weighted by atomic mass is 9.84. The van der Waals surface area contributed by atoms with Crippen LogP contribution in [0.5, 0.6) is 0 Å². The van der Waals surface area contributed by atoms with E-state index in [4.69, 9.17) is 23.7 Å². The number of carboxylic acid groups (broad SMARTS) is 1. The lowest BCUT2D eigenvalue weighted by Gasteiger charge is -2.55. The van der Waals surface area contributed by atoms with Crippen LogP contribution in [0.4, 0.5) is 4.79 Å². The van der Waals surface area contributed by atoms with Crippen LogP contribution in [0, 0.1) is 5.92 Å². The molecule has 9 nitrogen and oxygen atoms in total. The van der Waals surface area contributed by atoms with Crippen LogP contribution >= 0.6 is 0 Å². The molecule has 1 heterocycles. The molecule has 9 heteroatoms. The van der Waals surface area contributed by atoms with Gasteiger partial charge in [-0.05, 0) is 35.1 Å². The third-order valence-electron chi connectivity index (χ3n) is 8.32. The van der Waals surface area contributed by atoms with Crippen LogP contribution in [0.1, 0.15) is 49.7 Å². The average Bonchev–Trinajstić information content (AvgIpc) is 3.27. The summed E-state index contributed by atoms with van der Waals surface area (Å²) in [4.78, 5) is 25.1. The fourth-order valence-electron chi connectivity index (χ4n) is 6.20. The van der Waals surface area contributed by atoms with Gasteiger partial charge in [-0.25, -0.2) is 9.59 Å². The van der Waals surface area contributed by atoms with E-state index in [1.165, 1.54) is 0 Å². The Morgan fingerprint density at radius 2 is 1.58 bits per heavy atom. The lowest BCUT2D eigenvalue weighted by molar-refractivity contribution is -0.457. The largest absolute Gasteiger partial charge is 0.480 e. The van der Waals surface area contributed by atoms with Crippen molar-refractivity contribution in [1.82, 2.24) is 5.32 Å². The number of fused-ring (bicyclic) bond motifs is 4. The van der Waals surface area contributed by atoms with Crippen LogP contribution in [0.15, 0.2) is 48.5 Å². The smallest absolute Gasteiger partial charge is 0.407 e. The third kappa shape index (κ3) is 4.47. The zero-order valence-electron chi connectivity index (χ0n) is 22.0. The second kappa shape index (κ2) is 10.6. The molecule has 2 aliphatic carbocycles. The second-order valence-electron chi connectivity index (χ2n) is 10.2. The van der Waals surface area contributed by atoms with E-state index < -0.39 is 41.7 Å². The molecule has 1 saturated heterocycles. The minimum atomic E-state index is -1.26. The summed E-state index contributed by atoms with van der Waals surface area (Å²) in [7, 11) is 3.10. The average molecular weight is 526 g/mol. The first kappa shape index (κ1) is 26.6. The number of benzene rings is 2. The normalized spacial score (nSPS) is 27.9. The van der Waals surface area contributed by atoms with Crippen molar-refractivity contribution in [3.63, 3.8) is 0 Å². The minimum absolute atomic E-state index is 0.0900. The maximum Gasteiger partial charge on any atom is 0.407 e. The number of hydrogen-bond acceptors (Lipinski definition) is 7. The van der Waals surface area contributed by atoms with Crippen LogP contribution < -0.4 is 5.32 Å². The standard InChI is InChI=1S/C29H35NO8/c1-18(24-17-37-28(34-2)14-8-9-15-29(28,35-3)38-24)25(26(31)32)30-27(33)36-16-23-21-12-6-4-10-19(21)20-11-5-7-13-22(20)23/h4-7,10-13,18,23-25H,8-9,14-17H2,1-3H3,(H,30,33)(H,31,32)/t18-,24-,25-,28?,29?/m0/s1. The molecule has 1 amide bonds. The molecule has 3 aliphatic rings. The lowest BCUT2D eigenvalue weighted by Crippen LogP contribution is -2.68. The predicted octanol–water partition coefficient (Wildman–Crippen LogP) is 4.29. The summed E-state index contributed by atoms with van der Waals surface area (Å²) < 4.78 is 29.7. The van der Waals surface area contributed by atoms with Crippen molar-refractivity contribution in [3.05, 3.63) is 59.7 Å². The third-order valence-corrected chi connectivity index (χ3v) is 8.32. The summed E-state index contributed by atoms with van der Waals surface area (Å²) in [5.74, 6) is -4.15. The number of aliphatic carboxylic acids is 1. The van der Waals surface area contributed by atoms with E-state index in [1.807, 2.05) is 36.4 Å². The topological polar surface area (TPSA) is 113 Å². The molecular weight excluding hydrogens is 490 g/mol. The zero-order valence-corrected chi connectivity index (χ0v) is 22.0. The highest BCUT2D eigenvalue weighted by Gasteiger charge is 2.61. The van der Waals surface area contributed by atoms with E-state index in [0.29, 0.717) is 12.8 Å². The van der Waals surface area contributed by atoms with E-state index in [9.17, 15) is 14.7 Å². The van der Waals surface area contributed by atoms with Gasteiger partial charge in [0.15, 0.2) is 0 Å². The van der Waals surface area contributed by atoms with Crippen molar-refractivity contribution in [3.8, 4) is 11.1 Å². The number of alkyl carbamates (subject to hydrolysis) is 1. The number of hydrogen-bond donors (Lipinski definition) is 2. The second-order valence-corrected chi connectivity index (χ2v) is 10.2. The molecule has 1 saturated carbocycles. The van der Waals surface area contributed by atoms with Gasteiger partial charge < -0.3 is 34.1 Å². The number of carboxylic acids is 1. The molecule has 0 spiro atoms. The number of carbonyl (C=O) groups is 2. The summed E-state index contributed by atoms with van der Waals surface area (Å²) in [6.07, 6.45) is 1.49. The number of nitrogens with one attached hydrogen (secondary N) is 1. The van der Waals surface area contributed by atoms with Crippen LogP contribution in [0.25, 0.3) is 11.1 Å². The quantitative estimate of drug-likeness (QED) is 0.525. The van der Waals surface area contributed by atoms with Gasteiger partial charge in [0.05, 0.1) is 12.7 Å². The van der Waals surface area contributed by atoms with Gasteiger partial charge in [-0.2, -0.15) is 0 Å². The van der Waals surface area contributed by atoms with E-state index in [0.717, 1.165) is 35.1 Å². The number of amides is 1. The molecule has 2 N–H and O–H groups in total. The molecule has 2 aromatic carbocycles. The zero-order chi connectivity index (χ0) is 26.9. The Labute approximate surface area is 222 Å². The molecular formula is C29H35NO8. The Morgan fingerprint density at radius 3 is 2.16 bits per heavy atom. The van der Waals surface area contributed by atoms with Crippen molar-refractivity contribution in [2.75, 3.05) is 27.4 Å². The molecule has 2 aromatic rings. The van der Waals surface area contributed by atoms with Crippen LogP contribution in [-0.4, -0.2) is 68.3 Å². The highest BCUT2D eigenvalue weighted by molar-refractivity contribution is 5.81. The Kier molecular flexibility index (Phi) is 7.46. The van der Waals surface area contributed by atoms with E-state index in [1.54, 1.807) is 21.1 Å². The molecule has 2 unspecified atom stereocenters. The Bertz CT molecular complexity index is 1140. The van der Waals surface area contributed by atoms with Gasteiger partial charge in [0.25, 0.3) is 0 Å². The van der Waals surface area contributed by atoms with Gasteiger partial charge in [0.2, 0.25) is 11.6 Å². The monoisotopic (exact) mass is 525 g/mol. The molecule has 0 bridgehead atoms. The predicted molar refractivity (Wildman–Crippen MR) is 138 cm³/mol. The van der Waals surface area contributed by atoms with Gasteiger partial charge in [-0.3, -0.25) is 0 Å². The Hall–Kier alpha value is -2.98. The van der Waals surface area contributed by atoms with Crippen molar-refractivity contribution >= 4 is 12.1 Å². The van der Waals surface area contributed by atoms with E-state index in [2.05, 4.69) is 17.4 Å². The van der Waals surface area contributed by atoms with Crippen molar-refractivity contribution in [2.45, 2.75) is 62.2 Å². The van der Waals surface area contributed by atoms with Crippen LogP contribution in [0.2, 0.25) is 0 Å². The van der Waals surface area contributed by atoms with Gasteiger partial charge in [0, 0.05) is 38.9 Å². The fourth-order valence-corrected chi connectivity index (χ4v) is 6.20. The van der Waals surface area contributed by atoms with Gasteiger partial charge >= 0.3 is 12.1 Å². The molecule has 1 aliphatic heterocycles. The molecule has 5 rings (SSSR count). The van der Waals surface area contributed by atoms with E-state index >= 15 is 0 Å². The summed E-state index contributed by atoms with van der Waals surface area (Å²) in [6.45, 7) is 1.91. The van der Waals surface area contributed by atoms with Crippen LogP contribution in [-0.2, 0) is 28.5 Å². The molecule has 204 valence electrons. The number of ether oxygens (including phenoxy) is 5. The first-order valence-electron chi connectivity index (χ1n) is 13.1. The summed E-state index contributed by atoms with van der Waals surface area (Å²) in [6, 6.07) is 14.8. The summed E-state index contributed by atoms with van der Waals surface area (Å²) in [5, 5.41) is 12.5. The fraction of sp³-hybridized carbons (Fsp3) is 0.517. The van der Waals surface area contributed by atoms with Gasteiger partial charge in [0.1, 0.15) is 12.6 Å². The van der Waals surface area contributed by atoms with Gasteiger partial charge in [-0.15, -0.1) is 0 Å². The molecule has 38 heavy (non-hydrogen) atoms. The molecule has 0 radical (unpaired) electrons. The number of carbonyl (C=O) groups excluding carboxylic acids is 1. The first-order valence-corrected chi connectivity index (χ1v) is 13.1. The molecule has 0 aromatic heterocycles. The molecule has 2 fully saturated rings. The Morgan fingerprint density at radius 1 is 1.00 bits per heavy atom. The van der Waals surface area contributed by atoms with Crippen LogP contribution in [0.3, 0.4) is 0 Å². The summed E-state index contributed by atoms with van der Waals surface area (Å²) in [5.41, 5.74) is 4.39. The summed E-state index contributed by atoms with van der Waals surface area (Å²) >= 11 is 0. The number of methoxy groups -OCH3 is 2. The Balaban J connectivity index is 1.26. The van der Waals surface area contributed by atoms with Gasteiger partial charge in [-0.1, -0.05) is 55.5 Å². The van der Waals surface area contributed by atoms with Crippen molar-refractivity contribution in [2.24, 2.45) is 5.92 Å². The highest BCUT2D eigenvalue weighted by atomic mass is 16.8. The maximum atomic E-state index is 12.9. The van der Waals surface area contributed by atoms with Crippen molar-refractivity contribution in [1.29, 1.82) is 0 Å². The number of rotatable bonds is 8. The first-order chi connectivity index (χ1) is 18.3. The highest BCUT2D eigenvalue weighted by Crippen LogP contribution is 2.48. The maximum absolute atomic E-state index is 12.9. The SMILES string of the molecule is COC12CCCCC1(OC)O[C@H]([C@H](C)[C@H](NC(=O)OCC1c3ccccc3-c3ccccc31)C(=O)O)CO2. The molecule has 5 atom stereocenters. The van der Waals surface area contributed by atoms with E-state index in [-0.39, 0.29) is 19.1 Å². The van der Waals surface area contributed by atoms with Crippen molar-refractivity contribution < 1.29 is 38.4 Å².